The van der Waals surface area contributed by atoms with Gasteiger partial charge in [0.25, 0.3) is 5.91 Å². The second-order valence-electron chi connectivity index (χ2n) is 6.54. The Labute approximate surface area is 166 Å². The second-order valence-corrected chi connectivity index (χ2v) is 6.95. The van der Waals surface area contributed by atoms with Gasteiger partial charge >= 0.3 is 0 Å². The van der Waals surface area contributed by atoms with Crippen LogP contribution in [0.15, 0.2) is 18.2 Å². The normalized spacial score (nSPS) is 14.6. The molecule has 1 aliphatic rings. The van der Waals surface area contributed by atoms with E-state index in [9.17, 15) is 9.59 Å². The van der Waals surface area contributed by atoms with E-state index in [1.807, 2.05) is 13.8 Å². The maximum atomic E-state index is 12.4. The third-order valence-corrected chi connectivity index (χ3v) is 4.48. The zero-order valence-electron chi connectivity index (χ0n) is 15.3. The fourth-order valence-corrected chi connectivity index (χ4v) is 2.80. The van der Waals surface area contributed by atoms with Gasteiger partial charge in [0, 0.05) is 44.3 Å². The van der Waals surface area contributed by atoms with Gasteiger partial charge in [0.2, 0.25) is 5.91 Å². The highest BCUT2D eigenvalue weighted by Crippen LogP contribution is 2.21. The van der Waals surface area contributed by atoms with Crippen LogP contribution >= 0.6 is 24.0 Å². The predicted octanol–water partition coefficient (Wildman–Crippen LogP) is 2.38. The standard InChI is InChI=1S/C18H27ClN4O2.ClH/c1-13(2)17(24)22-14-4-5-16(19)15(12-14)18(25)21-6-3-9-23-10-7-20-8-11-23;/h4-5,12-13,20H,3,6-11H2,1-2H3,(H,21,25)(H,22,24);1H. The Morgan fingerprint density at radius 3 is 2.62 bits per heavy atom. The van der Waals surface area contributed by atoms with Gasteiger partial charge in [-0.25, -0.2) is 0 Å². The quantitative estimate of drug-likeness (QED) is 0.612. The van der Waals surface area contributed by atoms with Gasteiger partial charge in [-0.2, -0.15) is 0 Å². The topological polar surface area (TPSA) is 73.5 Å². The molecule has 8 heteroatoms. The SMILES string of the molecule is CC(C)C(=O)Nc1ccc(Cl)c(C(=O)NCCCN2CCNCC2)c1.Cl. The largest absolute Gasteiger partial charge is 0.352 e. The third kappa shape index (κ3) is 7.11. The maximum Gasteiger partial charge on any atom is 0.252 e. The van der Waals surface area contributed by atoms with Gasteiger partial charge in [0.1, 0.15) is 0 Å². The summed E-state index contributed by atoms with van der Waals surface area (Å²) < 4.78 is 0. The van der Waals surface area contributed by atoms with Crippen molar-refractivity contribution in [3.63, 3.8) is 0 Å². The van der Waals surface area contributed by atoms with Crippen molar-refractivity contribution in [3.8, 4) is 0 Å². The lowest BCUT2D eigenvalue weighted by Crippen LogP contribution is -2.44. The van der Waals surface area contributed by atoms with Crippen molar-refractivity contribution in [2.24, 2.45) is 5.92 Å². The van der Waals surface area contributed by atoms with Crippen LogP contribution in [0.5, 0.6) is 0 Å². The molecule has 0 unspecified atom stereocenters. The van der Waals surface area contributed by atoms with Crippen molar-refractivity contribution in [2.75, 3.05) is 44.6 Å². The van der Waals surface area contributed by atoms with Crippen LogP contribution in [0.3, 0.4) is 0 Å². The summed E-state index contributed by atoms with van der Waals surface area (Å²) in [7, 11) is 0. The third-order valence-electron chi connectivity index (χ3n) is 4.15. The zero-order valence-corrected chi connectivity index (χ0v) is 16.9. The van der Waals surface area contributed by atoms with Crippen LogP contribution in [0.25, 0.3) is 0 Å². The van der Waals surface area contributed by atoms with Crippen LogP contribution in [-0.4, -0.2) is 56.0 Å². The monoisotopic (exact) mass is 402 g/mol. The maximum absolute atomic E-state index is 12.4. The molecule has 0 aromatic heterocycles. The minimum Gasteiger partial charge on any atom is -0.352 e. The molecule has 1 aromatic carbocycles. The molecular weight excluding hydrogens is 375 g/mol. The lowest BCUT2D eigenvalue weighted by molar-refractivity contribution is -0.118. The van der Waals surface area contributed by atoms with Crippen molar-refractivity contribution >= 4 is 41.5 Å². The summed E-state index contributed by atoms with van der Waals surface area (Å²) in [5.41, 5.74) is 0.958. The van der Waals surface area contributed by atoms with E-state index >= 15 is 0 Å². The van der Waals surface area contributed by atoms with E-state index < -0.39 is 0 Å². The molecule has 0 radical (unpaired) electrons. The Hall–Kier alpha value is -1.34. The summed E-state index contributed by atoms with van der Waals surface area (Å²) in [5.74, 6) is -0.436. The summed E-state index contributed by atoms with van der Waals surface area (Å²) in [4.78, 5) is 26.5. The summed E-state index contributed by atoms with van der Waals surface area (Å²) >= 11 is 6.14. The van der Waals surface area contributed by atoms with E-state index in [4.69, 9.17) is 11.6 Å². The highest BCUT2D eigenvalue weighted by atomic mass is 35.5. The molecule has 0 atom stereocenters. The molecule has 3 N–H and O–H groups in total. The van der Waals surface area contributed by atoms with Crippen molar-refractivity contribution in [2.45, 2.75) is 20.3 Å². The number of carbonyl (C=O) groups excluding carboxylic acids is 2. The summed E-state index contributed by atoms with van der Waals surface area (Å²) in [6, 6.07) is 4.95. The predicted molar refractivity (Wildman–Crippen MR) is 108 cm³/mol. The average molecular weight is 403 g/mol. The molecule has 2 rings (SSSR count). The number of piperazine rings is 1. The highest BCUT2D eigenvalue weighted by Gasteiger charge is 2.14. The van der Waals surface area contributed by atoms with Gasteiger partial charge in [-0.3, -0.25) is 9.59 Å². The Bertz CT molecular complexity index is 605. The van der Waals surface area contributed by atoms with Gasteiger partial charge in [0.05, 0.1) is 10.6 Å². The number of hydrogen-bond donors (Lipinski definition) is 3. The number of amides is 2. The average Bonchev–Trinajstić information content (AvgIpc) is 2.61. The van der Waals surface area contributed by atoms with Crippen LogP contribution in [0.4, 0.5) is 5.69 Å². The number of nitrogens with one attached hydrogen (secondary N) is 3. The van der Waals surface area contributed by atoms with Crippen LogP contribution in [-0.2, 0) is 4.79 Å². The van der Waals surface area contributed by atoms with Gasteiger partial charge < -0.3 is 20.9 Å². The minimum atomic E-state index is -0.217. The molecule has 26 heavy (non-hydrogen) atoms. The zero-order chi connectivity index (χ0) is 18.2. The van der Waals surface area contributed by atoms with Crippen molar-refractivity contribution in [3.05, 3.63) is 28.8 Å². The summed E-state index contributed by atoms with van der Waals surface area (Å²) in [6.45, 7) is 9.36. The van der Waals surface area contributed by atoms with E-state index in [0.29, 0.717) is 22.8 Å². The minimum absolute atomic E-state index is 0. The lowest BCUT2D eigenvalue weighted by atomic mass is 10.1. The van der Waals surface area contributed by atoms with Crippen molar-refractivity contribution in [1.29, 1.82) is 0 Å². The molecule has 1 heterocycles. The fraction of sp³-hybridized carbons (Fsp3) is 0.556. The van der Waals surface area contributed by atoms with Crippen LogP contribution < -0.4 is 16.0 Å². The Morgan fingerprint density at radius 2 is 1.96 bits per heavy atom. The van der Waals surface area contributed by atoms with Gasteiger partial charge in [-0.15, -0.1) is 12.4 Å². The number of rotatable bonds is 7. The molecule has 1 saturated heterocycles. The first-order valence-electron chi connectivity index (χ1n) is 8.79. The number of nitrogens with zero attached hydrogens (tertiary/aromatic N) is 1. The lowest BCUT2D eigenvalue weighted by Gasteiger charge is -2.27. The molecule has 0 bridgehead atoms. The number of hydrogen-bond acceptors (Lipinski definition) is 4. The number of anilines is 1. The highest BCUT2D eigenvalue weighted by molar-refractivity contribution is 6.34. The van der Waals surface area contributed by atoms with Crippen LogP contribution in [0.2, 0.25) is 5.02 Å². The van der Waals surface area contributed by atoms with Crippen molar-refractivity contribution in [1.82, 2.24) is 15.5 Å². The van der Waals surface area contributed by atoms with Gasteiger partial charge in [-0.1, -0.05) is 25.4 Å². The number of carbonyl (C=O) groups is 2. The Balaban J connectivity index is 0.00000338. The summed E-state index contributed by atoms with van der Waals surface area (Å²) in [6.07, 6.45) is 0.896. The van der Waals surface area contributed by atoms with Crippen LogP contribution in [0.1, 0.15) is 30.6 Å². The Kier molecular flexibility index (Phi) is 9.94. The molecule has 0 aliphatic carbocycles. The van der Waals surface area contributed by atoms with E-state index in [1.54, 1.807) is 18.2 Å². The second kappa shape index (κ2) is 11.4. The molecule has 6 nitrogen and oxygen atoms in total. The molecule has 0 spiro atoms. The molecule has 146 valence electrons. The van der Waals surface area contributed by atoms with E-state index in [1.165, 1.54) is 0 Å². The van der Waals surface area contributed by atoms with Gasteiger partial charge in [0.15, 0.2) is 0 Å². The molecule has 2 amide bonds. The summed E-state index contributed by atoms with van der Waals surface area (Å²) in [5, 5.41) is 9.39. The molecule has 1 aromatic rings. The van der Waals surface area contributed by atoms with E-state index in [0.717, 1.165) is 39.1 Å². The number of benzene rings is 1. The molecule has 0 saturated carbocycles. The van der Waals surface area contributed by atoms with Crippen LogP contribution in [0, 0.1) is 5.92 Å². The molecule has 1 aliphatic heterocycles. The first-order chi connectivity index (χ1) is 12.0. The first-order valence-corrected chi connectivity index (χ1v) is 9.17. The molecule has 1 fully saturated rings. The first kappa shape index (κ1) is 22.7. The smallest absolute Gasteiger partial charge is 0.252 e. The van der Waals surface area contributed by atoms with E-state index in [2.05, 4.69) is 20.9 Å². The Morgan fingerprint density at radius 1 is 1.27 bits per heavy atom. The number of halogens is 2. The van der Waals surface area contributed by atoms with Gasteiger partial charge in [-0.05, 0) is 31.2 Å². The van der Waals surface area contributed by atoms with E-state index in [-0.39, 0.29) is 30.1 Å². The molecular formula is C18H28Cl2N4O2. The van der Waals surface area contributed by atoms with Crippen molar-refractivity contribution < 1.29 is 9.59 Å². The fourth-order valence-electron chi connectivity index (χ4n) is 2.60.